The smallest absolute Gasteiger partial charge is 0.239 e. The number of imidazole rings is 1. The van der Waals surface area contributed by atoms with E-state index in [2.05, 4.69) is 32.3 Å². The molecule has 1 amide bonds. The number of hydrogen-bond donors (Lipinski definition) is 1. The molecule has 1 aromatic carbocycles. The number of nitrogens with zero attached hydrogens (tertiary/aromatic N) is 4. The fourth-order valence-electron chi connectivity index (χ4n) is 4.32. The normalized spacial score (nSPS) is 21.9. The number of rotatable bonds is 4. The van der Waals surface area contributed by atoms with Gasteiger partial charge in [-0.25, -0.2) is 9.97 Å². The van der Waals surface area contributed by atoms with Crippen LogP contribution in [0.25, 0.3) is 22.0 Å². The van der Waals surface area contributed by atoms with E-state index in [-0.39, 0.29) is 5.91 Å². The van der Waals surface area contributed by atoms with Gasteiger partial charge in [0.1, 0.15) is 5.82 Å². The molecular weight excluding hydrogens is 354 g/mol. The van der Waals surface area contributed by atoms with Crippen molar-refractivity contribution in [1.29, 1.82) is 0 Å². The second kappa shape index (κ2) is 7.00. The van der Waals surface area contributed by atoms with Gasteiger partial charge < -0.3 is 14.6 Å². The Bertz CT molecular complexity index is 1010. The number of ether oxygens (including phenoxy) is 1. The number of amides is 1. The number of hydrogen-bond acceptors (Lipinski definition) is 5. The molecule has 2 aliphatic rings. The highest BCUT2D eigenvalue weighted by atomic mass is 16.5. The summed E-state index contributed by atoms with van der Waals surface area (Å²) < 4.78 is 7.58. The van der Waals surface area contributed by atoms with Gasteiger partial charge in [0.15, 0.2) is 0 Å². The van der Waals surface area contributed by atoms with Crippen molar-refractivity contribution in [2.45, 2.75) is 24.9 Å². The zero-order valence-corrected chi connectivity index (χ0v) is 15.8. The van der Waals surface area contributed by atoms with E-state index in [9.17, 15) is 4.79 Å². The number of nitrogens with one attached hydrogen (secondary N) is 1. The number of carbonyl (C=O) groups is 1. The molecule has 7 nitrogen and oxygen atoms in total. The summed E-state index contributed by atoms with van der Waals surface area (Å²) in [7, 11) is 1.98. The first-order valence-electron chi connectivity index (χ1n) is 9.67. The molecule has 3 aromatic rings. The molecule has 0 radical (unpaired) electrons. The van der Waals surface area contributed by atoms with Crippen molar-refractivity contribution in [2.24, 2.45) is 7.05 Å². The summed E-state index contributed by atoms with van der Waals surface area (Å²) >= 11 is 0. The Morgan fingerprint density at radius 3 is 2.75 bits per heavy atom. The Balaban J connectivity index is 1.34. The van der Waals surface area contributed by atoms with Crippen LogP contribution in [-0.4, -0.2) is 57.2 Å². The molecule has 144 valence electrons. The maximum atomic E-state index is 12.6. The highest BCUT2D eigenvalue weighted by Crippen LogP contribution is 2.28. The quantitative estimate of drug-likeness (QED) is 0.756. The molecule has 0 aliphatic carbocycles. The van der Waals surface area contributed by atoms with Crippen LogP contribution in [0.1, 0.15) is 12.8 Å². The number of anilines is 1. The maximum absolute atomic E-state index is 12.6. The Morgan fingerprint density at radius 1 is 1.18 bits per heavy atom. The number of fused-ring (bicyclic) bond motifs is 3. The highest BCUT2D eigenvalue weighted by molar-refractivity contribution is 5.94. The molecule has 2 bridgehead atoms. The van der Waals surface area contributed by atoms with Crippen LogP contribution >= 0.6 is 0 Å². The van der Waals surface area contributed by atoms with E-state index in [0.29, 0.717) is 24.4 Å². The van der Waals surface area contributed by atoms with Crippen LogP contribution in [0.15, 0.2) is 43.0 Å². The molecule has 7 heteroatoms. The summed E-state index contributed by atoms with van der Waals surface area (Å²) in [6.07, 6.45) is 7.67. The Kier molecular flexibility index (Phi) is 4.33. The first-order chi connectivity index (χ1) is 13.7. The van der Waals surface area contributed by atoms with E-state index in [4.69, 9.17) is 4.74 Å². The van der Waals surface area contributed by atoms with E-state index in [0.717, 1.165) is 48.1 Å². The molecule has 0 saturated carbocycles. The van der Waals surface area contributed by atoms with Gasteiger partial charge in [0.2, 0.25) is 5.91 Å². The zero-order valence-electron chi connectivity index (χ0n) is 15.8. The first kappa shape index (κ1) is 17.3. The average Bonchev–Trinajstić information content (AvgIpc) is 3.19. The van der Waals surface area contributed by atoms with Crippen LogP contribution in [0.5, 0.6) is 0 Å². The predicted octanol–water partition coefficient (Wildman–Crippen LogP) is 2.44. The van der Waals surface area contributed by atoms with Gasteiger partial charge in [-0.1, -0.05) is 12.1 Å². The molecule has 2 fully saturated rings. The van der Waals surface area contributed by atoms with Gasteiger partial charge in [0.25, 0.3) is 0 Å². The van der Waals surface area contributed by atoms with E-state index in [1.54, 1.807) is 12.5 Å². The highest BCUT2D eigenvalue weighted by Gasteiger charge is 2.38. The summed E-state index contributed by atoms with van der Waals surface area (Å²) in [6, 6.07) is 8.88. The average molecular weight is 377 g/mol. The van der Waals surface area contributed by atoms with Gasteiger partial charge in [0.05, 0.1) is 38.0 Å². The van der Waals surface area contributed by atoms with Gasteiger partial charge in [-0.3, -0.25) is 9.69 Å². The number of carbonyl (C=O) groups excluding carboxylic acids is 1. The Hall–Kier alpha value is -2.77. The second-order valence-electron chi connectivity index (χ2n) is 7.66. The van der Waals surface area contributed by atoms with Crippen molar-refractivity contribution < 1.29 is 9.53 Å². The lowest BCUT2D eigenvalue weighted by atomic mass is 10.1. The SMILES string of the molecule is Cn1cncc1-c1ccc2cnc(NC(=O)CN3C4CCC3COC4)cc2c1. The second-order valence-corrected chi connectivity index (χ2v) is 7.66. The number of morpholine rings is 1. The summed E-state index contributed by atoms with van der Waals surface area (Å²) in [4.78, 5) is 23.5. The molecule has 2 aliphatic heterocycles. The third kappa shape index (κ3) is 3.16. The van der Waals surface area contributed by atoms with Crippen molar-refractivity contribution in [3.05, 3.63) is 43.0 Å². The van der Waals surface area contributed by atoms with Crippen molar-refractivity contribution in [3.63, 3.8) is 0 Å². The third-order valence-corrected chi connectivity index (χ3v) is 5.82. The van der Waals surface area contributed by atoms with E-state index < -0.39 is 0 Å². The van der Waals surface area contributed by atoms with Crippen LogP contribution in [0, 0.1) is 0 Å². The fourth-order valence-corrected chi connectivity index (χ4v) is 4.32. The van der Waals surface area contributed by atoms with Crippen molar-refractivity contribution in [3.8, 4) is 11.3 Å². The van der Waals surface area contributed by atoms with E-state index in [1.165, 1.54) is 0 Å². The molecule has 28 heavy (non-hydrogen) atoms. The van der Waals surface area contributed by atoms with Crippen LogP contribution in [0.2, 0.25) is 0 Å². The lowest BCUT2D eigenvalue weighted by Gasteiger charge is -2.33. The van der Waals surface area contributed by atoms with Crippen LogP contribution < -0.4 is 5.32 Å². The Morgan fingerprint density at radius 2 is 2.00 bits per heavy atom. The number of aryl methyl sites for hydroxylation is 1. The van der Waals surface area contributed by atoms with Crippen LogP contribution in [0.4, 0.5) is 5.82 Å². The van der Waals surface area contributed by atoms with Crippen molar-refractivity contribution in [1.82, 2.24) is 19.4 Å². The zero-order chi connectivity index (χ0) is 19.1. The topological polar surface area (TPSA) is 72.3 Å². The summed E-state index contributed by atoms with van der Waals surface area (Å²) in [5, 5.41) is 5.04. The molecule has 2 unspecified atom stereocenters. The van der Waals surface area contributed by atoms with Crippen molar-refractivity contribution in [2.75, 3.05) is 25.1 Å². The van der Waals surface area contributed by atoms with Gasteiger partial charge in [-0.2, -0.15) is 0 Å². The fraction of sp³-hybridized carbons (Fsp3) is 0.381. The monoisotopic (exact) mass is 377 g/mol. The minimum atomic E-state index is -0.0200. The van der Waals surface area contributed by atoms with Gasteiger partial charge >= 0.3 is 0 Å². The summed E-state index contributed by atoms with van der Waals surface area (Å²) in [5.74, 6) is 0.564. The van der Waals surface area contributed by atoms with Crippen molar-refractivity contribution >= 4 is 22.5 Å². The van der Waals surface area contributed by atoms with E-state index in [1.807, 2.05) is 29.9 Å². The molecule has 5 rings (SSSR count). The lowest BCUT2D eigenvalue weighted by molar-refractivity contribution is -0.120. The molecule has 4 heterocycles. The number of aromatic nitrogens is 3. The van der Waals surface area contributed by atoms with Gasteiger partial charge in [-0.15, -0.1) is 0 Å². The molecular formula is C21H23N5O2. The standard InChI is InChI=1S/C21H23N5O2/c1-25-13-22-9-19(25)14-2-3-15-8-23-20(7-16(15)6-14)24-21(27)10-26-17-4-5-18(26)12-28-11-17/h2-3,6-9,13,17-18H,4-5,10-12H2,1H3,(H,23,24,27). The van der Waals surface area contributed by atoms with Crippen LogP contribution in [-0.2, 0) is 16.6 Å². The molecule has 1 N–H and O–H groups in total. The van der Waals surface area contributed by atoms with E-state index >= 15 is 0 Å². The predicted molar refractivity (Wildman–Crippen MR) is 107 cm³/mol. The Labute approximate surface area is 163 Å². The molecule has 2 atom stereocenters. The minimum Gasteiger partial charge on any atom is -0.378 e. The maximum Gasteiger partial charge on any atom is 0.239 e. The number of benzene rings is 1. The summed E-state index contributed by atoms with van der Waals surface area (Å²) in [6.45, 7) is 1.86. The lowest BCUT2D eigenvalue weighted by Crippen LogP contribution is -2.48. The molecule has 0 spiro atoms. The third-order valence-electron chi connectivity index (χ3n) is 5.82. The first-order valence-corrected chi connectivity index (χ1v) is 9.67. The van der Waals surface area contributed by atoms with Gasteiger partial charge in [0, 0.05) is 36.3 Å². The summed E-state index contributed by atoms with van der Waals surface area (Å²) in [5.41, 5.74) is 2.13. The van der Waals surface area contributed by atoms with Crippen LogP contribution in [0.3, 0.4) is 0 Å². The number of pyridine rings is 1. The molecule has 2 aromatic heterocycles. The van der Waals surface area contributed by atoms with Gasteiger partial charge in [-0.05, 0) is 30.4 Å². The largest absolute Gasteiger partial charge is 0.378 e. The molecule has 2 saturated heterocycles. The minimum absolute atomic E-state index is 0.0200.